The first-order chi connectivity index (χ1) is 7.21. The molecule has 0 aliphatic heterocycles. The Morgan fingerprint density at radius 1 is 1.06 bits per heavy atom. The van der Waals surface area contributed by atoms with Gasteiger partial charge in [0.15, 0.2) is 6.29 Å². The van der Waals surface area contributed by atoms with Crippen molar-refractivity contribution >= 4 is 24.4 Å². The number of hydrogen-bond acceptors (Lipinski definition) is 2. The van der Waals surface area contributed by atoms with E-state index < -0.39 is 12.4 Å². The third kappa shape index (κ3) is 3.14. The SMILES string of the molecule is Cc1c(N)c(C)c([B-](F)(F)F)c(C)c1C=O.[K+]. The molecule has 0 amide bonds. The van der Waals surface area contributed by atoms with Gasteiger partial charge < -0.3 is 18.7 Å². The minimum Gasteiger partial charge on any atom is -0.445 e. The predicted octanol–water partition coefficient (Wildman–Crippen LogP) is -0.935. The van der Waals surface area contributed by atoms with Gasteiger partial charge in [-0.2, -0.15) is 0 Å². The number of nitrogen functional groups attached to an aromatic ring is 1. The molecule has 0 saturated heterocycles. The molecule has 0 radical (unpaired) electrons. The Balaban J connectivity index is 0.00000256. The van der Waals surface area contributed by atoms with E-state index in [-0.39, 0.29) is 73.8 Å². The zero-order chi connectivity index (χ0) is 12.7. The summed E-state index contributed by atoms with van der Waals surface area (Å²) in [4.78, 5) is 10.8. The fourth-order valence-corrected chi connectivity index (χ4v) is 1.95. The number of hydrogen-bond donors (Lipinski definition) is 1. The fraction of sp³-hybridized carbons (Fsp3) is 0.300. The average Bonchev–Trinajstić information content (AvgIpc) is 2.13. The third-order valence-electron chi connectivity index (χ3n) is 2.87. The predicted molar refractivity (Wildman–Crippen MR) is 59.2 cm³/mol. The Kier molecular flexibility index (Phi) is 5.94. The van der Waals surface area contributed by atoms with Gasteiger partial charge >= 0.3 is 58.4 Å². The number of rotatable bonds is 2. The van der Waals surface area contributed by atoms with Gasteiger partial charge in [-0.3, -0.25) is 4.79 Å². The fourth-order valence-electron chi connectivity index (χ4n) is 1.95. The van der Waals surface area contributed by atoms with Crippen LogP contribution in [0.25, 0.3) is 0 Å². The number of benzene rings is 1. The van der Waals surface area contributed by atoms with Crippen LogP contribution in [0.2, 0.25) is 0 Å². The summed E-state index contributed by atoms with van der Waals surface area (Å²) < 4.78 is 38.5. The number of halogens is 3. The van der Waals surface area contributed by atoms with Gasteiger partial charge in [0.05, 0.1) is 0 Å². The molecule has 1 rings (SSSR count). The molecule has 1 aromatic rings. The normalized spacial score (nSPS) is 10.9. The summed E-state index contributed by atoms with van der Waals surface area (Å²) >= 11 is 0. The first kappa shape index (κ1) is 17.2. The average molecular weight is 269 g/mol. The van der Waals surface area contributed by atoms with E-state index in [1.165, 1.54) is 13.8 Å². The Morgan fingerprint density at radius 3 is 1.88 bits per heavy atom. The van der Waals surface area contributed by atoms with Gasteiger partial charge in [-0.05, 0) is 26.3 Å². The smallest absolute Gasteiger partial charge is 0.445 e. The van der Waals surface area contributed by atoms with Crippen molar-refractivity contribution in [3.8, 4) is 0 Å². The molecule has 0 bridgehead atoms. The first-order valence-corrected chi connectivity index (χ1v) is 4.76. The number of nitrogens with two attached hydrogens (primary N) is 1. The van der Waals surface area contributed by atoms with Gasteiger partial charge in [-0.1, -0.05) is 16.6 Å². The summed E-state index contributed by atoms with van der Waals surface area (Å²) in [6, 6.07) is 0. The van der Waals surface area contributed by atoms with Gasteiger partial charge in [0.2, 0.25) is 0 Å². The molecule has 0 unspecified atom stereocenters. The van der Waals surface area contributed by atoms with E-state index in [4.69, 9.17) is 5.73 Å². The second-order valence-electron chi connectivity index (χ2n) is 3.81. The molecule has 0 aliphatic rings. The van der Waals surface area contributed by atoms with Gasteiger partial charge in [-0.25, -0.2) is 0 Å². The zero-order valence-electron chi connectivity index (χ0n) is 10.3. The molecule has 0 heterocycles. The first-order valence-electron chi connectivity index (χ1n) is 4.76. The molecule has 0 aromatic heterocycles. The van der Waals surface area contributed by atoms with Crippen molar-refractivity contribution in [3.63, 3.8) is 0 Å². The molecule has 17 heavy (non-hydrogen) atoms. The Morgan fingerprint density at radius 2 is 1.53 bits per heavy atom. The van der Waals surface area contributed by atoms with Crippen LogP contribution >= 0.6 is 0 Å². The monoisotopic (exact) mass is 269 g/mol. The largest absolute Gasteiger partial charge is 1.00 e. The van der Waals surface area contributed by atoms with Gasteiger partial charge in [0.25, 0.3) is 0 Å². The van der Waals surface area contributed by atoms with Crippen molar-refractivity contribution in [2.45, 2.75) is 20.8 Å². The summed E-state index contributed by atoms with van der Waals surface area (Å²) in [5, 5.41) is 0. The van der Waals surface area contributed by atoms with Gasteiger partial charge in [0, 0.05) is 11.3 Å². The standard InChI is InChI=1S/C10H12BF3NO.K/c1-5-8(4-16)6(2)10(15)7(3)9(5)11(12,13)14;/h4H,15H2,1-3H3;/q-1;+1. The third-order valence-corrected chi connectivity index (χ3v) is 2.87. The number of anilines is 1. The van der Waals surface area contributed by atoms with Crippen molar-refractivity contribution in [2.75, 3.05) is 5.73 Å². The van der Waals surface area contributed by atoms with Crippen LogP contribution in [0.4, 0.5) is 18.6 Å². The summed E-state index contributed by atoms with van der Waals surface area (Å²) in [6.45, 7) is -0.979. The van der Waals surface area contributed by atoms with Gasteiger partial charge in [0.1, 0.15) is 0 Å². The Labute approximate surface area is 141 Å². The Hall–Kier alpha value is 0.181. The van der Waals surface area contributed by atoms with E-state index in [0.29, 0.717) is 11.8 Å². The maximum absolute atomic E-state index is 12.8. The molecule has 1 aromatic carbocycles. The molecule has 0 fully saturated rings. The van der Waals surface area contributed by atoms with Crippen LogP contribution in [0.5, 0.6) is 0 Å². The second kappa shape index (κ2) is 5.88. The molecule has 0 spiro atoms. The molecule has 0 aliphatic carbocycles. The van der Waals surface area contributed by atoms with E-state index in [1.807, 2.05) is 0 Å². The van der Waals surface area contributed by atoms with Crippen LogP contribution in [0, 0.1) is 20.8 Å². The van der Waals surface area contributed by atoms with Crippen molar-refractivity contribution < 1.29 is 69.1 Å². The van der Waals surface area contributed by atoms with Crippen LogP contribution in [0.3, 0.4) is 0 Å². The number of carbonyl (C=O) groups is 1. The summed E-state index contributed by atoms with van der Waals surface area (Å²) in [6.07, 6.45) is 0.422. The number of aldehydes is 1. The zero-order valence-corrected chi connectivity index (χ0v) is 13.4. The molecule has 2 nitrogen and oxygen atoms in total. The van der Waals surface area contributed by atoms with E-state index >= 15 is 0 Å². The molecule has 7 heteroatoms. The topological polar surface area (TPSA) is 43.1 Å². The van der Waals surface area contributed by atoms with Crippen LogP contribution in [0.1, 0.15) is 27.0 Å². The van der Waals surface area contributed by atoms with Crippen LogP contribution in [-0.2, 0) is 0 Å². The minimum absolute atomic E-state index is 0. The van der Waals surface area contributed by atoms with E-state index in [0.717, 1.165) is 0 Å². The van der Waals surface area contributed by atoms with Crippen LogP contribution in [0.15, 0.2) is 0 Å². The van der Waals surface area contributed by atoms with Crippen molar-refractivity contribution in [3.05, 3.63) is 22.3 Å². The van der Waals surface area contributed by atoms with Crippen molar-refractivity contribution in [1.29, 1.82) is 0 Å². The van der Waals surface area contributed by atoms with Crippen molar-refractivity contribution in [1.82, 2.24) is 0 Å². The second-order valence-corrected chi connectivity index (χ2v) is 3.81. The van der Waals surface area contributed by atoms with E-state index in [1.54, 1.807) is 6.92 Å². The molecule has 0 atom stereocenters. The summed E-state index contributed by atoms with van der Waals surface area (Å²) in [5.41, 5.74) is 5.30. The van der Waals surface area contributed by atoms with Crippen LogP contribution in [-0.4, -0.2) is 13.3 Å². The molecule has 2 N–H and O–H groups in total. The van der Waals surface area contributed by atoms with E-state index in [9.17, 15) is 17.7 Å². The summed E-state index contributed by atoms with van der Waals surface area (Å²) in [5.74, 6) is 0. The number of carbonyl (C=O) groups excluding carboxylic acids is 1. The Bertz CT molecular complexity index is 460. The van der Waals surface area contributed by atoms with Crippen LogP contribution < -0.4 is 62.6 Å². The van der Waals surface area contributed by atoms with Gasteiger partial charge in [-0.15, -0.1) is 0 Å². The van der Waals surface area contributed by atoms with Crippen molar-refractivity contribution in [2.24, 2.45) is 0 Å². The maximum atomic E-state index is 12.8. The molecule has 88 valence electrons. The molecular weight excluding hydrogens is 257 g/mol. The molecule has 0 saturated carbocycles. The summed E-state index contributed by atoms with van der Waals surface area (Å²) in [7, 11) is 0. The van der Waals surface area contributed by atoms with E-state index in [2.05, 4.69) is 0 Å². The molecular formula is C10H12BF3KNO. The maximum Gasteiger partial charge on any atom is 1.00 e. The quantitative estimate of drug-likeness (QED) is 0.428. The minimum atomic E-state index is -5.15.